The average molecular weight is 443 g/mol. The quantitative estimate of drug-likeness (QED) is 0.326. The SMILES string of the molecule is CC(=O)c1cccc(CCCOCCO)c1.CCCOCCCc1cccc(C(C)=O)c1. The van der Waals surface area contributed by atoms with Gasteiger partial charge in [-0.2, -0.15) is 0 Å². The number of ketones is 2. The summed E-state index contributed by atoms with van der Waals surface area (Å²) >= 11 is 0. The highest BCUT2D eigenvalue weighted by Gasteiger charge is 2.01. The summed E-state index contributed by atoms with van der Waals surface area (Å²) in [6, 6.07) is 15.5. The third-order valence-corrected chi connectivity index (χ3v) is 4.76. The van der Waals surface area contributed by atoms with E-state index in [1.54, 1.807) is 13.8 Å². The van der Waals surface area contributed by atoms with Crippen molar-refractivity contribution < 1.29 is 24.2 Å². The molecule has 0 radical (unpaired) electrons. The number of carbonyl (C=O) groups is 2. The van der Waals surface area contributed by atoms with Crippen LogP contribution in [0.3, 0.4) is 0 Å². The predicted octanol–water partition coefficient (Wildman–Crippen LogP) is 5.08. The van der Waals surface area contributed by atoms with E-state index in [-0.39, 0.29) is 18.2 Å². The lowest BCUT2D eigenvalue weighted by Gasteiger charge is -2.04. The van der Waals surface area contributed by atoms with Crippen LogP contribution in [0.1, 0.15) is 71.9 Å². The van der Waals surface area contributed by atoms with Gasteiger partial charge < -0.3 is 14.6 Å². The summed E-state index contributed by atoms with van der Waals surface area (Å²) in [5.74, 6) is 0.225. The van der Waals surface area contributed by atoms with Crippen molar-refractivity contribution in [2.24, 2.45) is 0 Å². The zero-order valence-electron chi connectivity index (χ0n) is 19.8. The molecule has 0 saturated heterocycles. The van der Waals surface area contributed by atoms with Crippen molar-refractivity contribution in [3.8, 4) is 0 Å². The Morgan fingerprint density at radius 3 is 1.62 bits per heavy atom. The minimum atomic E-state index is 0.0693. The van der Waals surface area contributed by atoms with Crippen LogP contribution < -0.4 is 0 Å². The van der Waals surface area contributed by atoms with Gasteiger partial charge in [-0.1, -0.05) is 43.3 Å². The first-order chi connectivity index (χ1) is 15.5. The van der Waals surface area contributed by atoms with E-state index in [0.717, 1.165) is 62.0 Å². The maximum atomic E-state index is 11.2. The second-order valence-corrected chi connectivity index (χ2v) is 7.67. The van der Waals surface area contributed by atoms with Gasteiger partial charge in [-0.25, -0.2) is 0 Å². The van der Waals surface area contributed by atoms with Crippen molar-refractivity contribution in [2.75, 3.05) is 33.0 Å². The van der Waals surface area contributed by atoms with Crippen molar-refractivity contribution >= 4 is 11.6 Å². The van der Waals surface area contributed by atoms with Crippen molar-refractivity contribution in [1.82, 2.24) is 0 Å². The lowest BCUT2D eigenvalue weighted by Crippen LogP contribution is -2.02. The number of aliphatic hydroxyl groups is 1. The van der Waals surface area contributed by atoms with Crippen LogP contribution >= 0.6 is 0 Å². The fraction of sp³-hybridized carbons (Fsp3) is 0.481. The molecule has 0 spiro atoms. The molecule has 0 aliphatic rings. The summed E-state index contributed by atoms with van der Waals surface area (Å²) in [6.07, 6.45) is 4.86. The van der Waals surface area contributed by atoms with Gasteiger partial charge in [0, 0.05) is 30.9 Å². The van der Waals surface area contributed by atoms with Gasteiger partial charge in [0.2, 0.25) is 0 Å². The Hall–Kier alpha value is -2.34. The second kappa shape index (κ2) is 17.2. The molecule has 176 valence electrons. The van der Waals surface area contributed by atoms with Gasteiger partial charge in [0.1, 0.15) is 0 Å². The number of benzene rings is 2. The molecule has 0 bridgehead atoms. The van der Waals surface area contributed by atoms with Gasteiger partial charge in [-0.15, -0.1) is 0 Å². The van der Waals surface area contributed by atoms with Crippen molar-refractivity contribution in [2.45, 2.75) is 52.9 Å². The number of ether oxygens (including phenoxy) is 2. The number of rotatable bonds is 14. The minimum Gasteiger partial charge on any atom is -0.394 e. The summed E-state index contributed by atoms with van der Waals surface area (Å²) in [5.41, 5.74) is 3.92. The first-order valence-corrected chi connectivity index (χ1v) is 11.4. The van der Waals surface area contributed by atoms with Gasteiger partial charge in [-0.3, -0.25) is 9.59 Å². The fourth-order valence-corrected chi connectivity index (χ4v) is 3.06. The van der Waals surface area contributed by atoms with Crippen LogP contribution in [0.4, 0.5) is 0 Å². The van der Waals surface area contributed by atoms with Gasteiger partial charge in [0.25, 0.3) is 0 Å². The maximum absolute atomic E-state index is 11.2. The van der Waals surface area contributed by atoms with Crippen LogP contribution in [-0.4, -0.2) is 49.7 Å². The molecule has 5 nitrogen and oxygen atoms in total. The van der Waals surface area contributed by atoms with E-state index in [4.69, 9.17) is 14.6 Å². The fourth-order valence-electron chi connectivity index (χ4n) is 3.06. The highest BCUT2D eigenvalue weighted by molar-refractivity contribution is 5.94. The van der Waals surface area contributed by atoms with E-state index in [1.807, 2.05) is 42.5 Å². The van der Waals surface area contributed by atoms with Crippen molar-refractivity contribution in [3.63, 3.8) is 0 Å². The smallest absolute Gasteiger partial charge is 0.159 e. The molecule has 0 atom stereocenters. The lowest BCUT2D eigenvalue weighted by atomic mass is 10.0. The molecule has 2 rings (SSSR count). The Morgan fingerprint density at radius 1 is 0.750 bits per heavy atom. The highest BCUT2D eigenvalue weighted by atomic mass is 16.5. The van der Waals surface area contributed by atoms with Crippen LogP contribution in [0.2, 0.25) is 0 Å². The van der Waals surface area contributed by atoms with Crippen LogP contribution in [0.5, 0.6) is 0 Å². The van der Waals surface area contributed by atoms with Crippen LogP contribution in [0.15, 0.2) is 48.5 Å². The molecule has 0 amide bonds. The Morgan fingerprint density at radius 2 is 1.22 bits per heavy atom. The Labute approximate surface area is 192 Å². The number of carbonyl (C=O) groups excluding carboxylic acids is 2. The lowest BCUT2D eigenvalue weighted by molar-refractivity contribution is 0.0909. The number of Topliss-reactive ketones (excluding diaryl/α,β-unsaturated/α-hetero) is 2. The van der Waals surface area contributed by atoms with E-state index in [9.17, 15) is 9.59 Å². The largest absolute Gasteiger partial charge is 0.394 e. The minimum absolute atomic E-state index is 0.0693. The monoisotopic (exact) mass is 442 g/mol. The number of hydrogen-bond acceptors (Lipinski definition) is 5. The zero-order valence-corrected chi connectivity index (χ0v) is 19.8. The molecule has 0 aliphatic carbocycles. The van der Waals surface area contributed by atoms with Gasteiger partial charge in [0.15, 0.2) is 11.6 Å². The molecule has 1 N–H and O–H groups in total. The van der Waals surface area contributed by atoms with Gasteiger partial charge >= 0.3 is 0 Å². The molecule has 2 aromatic carbocycles. The van der Waals surface area contributed by atoms with Gasteiger partial charge in [-0.05, 0) is 69.2 Å². The van der Waals surface area contributed by atoms with Crippen LogP contribution in [0, 0.1) is 0 Å². The molecular weight excluding hydrogens is 404 g/mol. The van der Waals surface area contributed by atoms with Gasteiger partial charge in [0.05, 0.1) is 13.2 Å². The molecule has 5 heteroatoms. The third kappa shape index (κ3) is 12.5. The van der Waals surface area contributed by atoms with Crippen LogP contribution in [-0.2, 0) is 22.3 Å². The average Bonchev–Trinajstić information content (AvgIpc) is 2.79. The third-order valence-electron chi connectivity index (χ3n) is 4.76. The highest BCUT2D eigenvalue weighted by Crippen LogP contribution is 2.09. The summed E-state index contributed by atoms with van der Waals surface area (Å²) < 4.78 is 10.6. The van der Waals surface area contributed by atoms with E-state index in [1.165, 1.54) is 5.56 Å². The van der Waals surface area contributed by atoms with E-state index < -0.39 is 0 Å². The number of aryl methyl sites for hydroxylation is 2. The number of hydrogen-bond donors (Lipinski definition) is 1. The Balaban J connectivity index is 0.000000320. The zero-order chi connectivity index (χ0) is 23.6. The molecule has 0 heterocycles. The summed E-state index contributed by atoms with van der Waals surface area (Å²) in [6.45, 7) is 8.03. The standard InChI is InChI=1S/C14H20O2.C13H18O3/c1-3-9-16-10-5-7-13-6-4-8-14(11-13)12(2)15;1-11(15)13-6-2-4-12(10-13)5-3-8-16-9-7-14/h4,6,8,11H,3,5,7,9-10H2,1-2H3;2,4,6,10,14H,3,5,7-9H2,1H3. The normalized spacial score (nSPS) is 10.4. The van der Waals surface area contributed by atoms with E-state index in [2.05, 4.69) is 13.0 Å². The number of aliphatic hydroxyl groups excluding tert-OH is 1. The Kier molecular flexibility index (Phi) is 14.9. The predicted molar refractivity (Wildman–Crippen MR) is 129 cm³/mol. The molecule has 0 aromatic heterocycles. The summed E-state index contributed by atoms with van der Waals surface area (Å²) in [7, 11) is 0. The topological polar surface area (TPSA) is 72.8 Å². The Bertz CT molecular complexity index is 733. The second-order valence-electron chi connectivity index (χ2n) is 7.67. The molecular formula is C27H38O5. The molecule has 0 saturated carbocycles. The summed E-state index contributed by atoms with van der Waals surface area (Å²) in [4.78, 5) is 22.3. The molecule has 0 aliphatic heterocycles. The van der Waals surface area contributed by atoms with Crippen molar-refractivity contribution in [1.29, 1.82) is 0 Å². The van der Waals surface area contributed by atoms with E-state index in [0.29, 0.717) is 13.2 Å². The molecule has 32 heavy (non-hydrogen) atoms. The maximum Gasteiger partial charge on any atom is 0.159 e. The van der Waals surface area contributed by atoms with Crippen LogP contribution in [0.25, 0.3) is 0 Å². The van der Waals surface area contributed by atoms with E-state index >= 15 is 0 Å². The first-order valence-electron chi connectivity index (χ1n) is 11.4. The molecule has 2 aromatic rings. The molecule has 0 fully saturated rings. The van der Waals surface area contributed by atoms with Crippen molar-refractivity contribution in [3.05, 3.63) is 70.8 Å². The molecule has 0 unspecified atom stereocenters. The first kappa shape index (κ1) is 27.7. The summed E-state index contributed by atoms with van der Waals surface area (Å²) in [5, 5.41) is 8.52.